The summed E-state index contributed by atoms with van der Waals surface area (Å²) in [5.41, 5.74) is 3.47. The van der Waals surface area contributed by atoms with Crippen LogP contribution >= 0.6 is 0 Å². The van der Waals surface area contributed by atoms with Crippen LogP contribution in [0.2, 0.25) is 0 Å². The number of amides is 1. The van der Waals surface area contributed by atoms with Gasteiger partial charge in [0.2, 0.25) is 5.88 Å². The van der Waals surface area contributed by atoms with Crippen LogP contribution in [-0.4, -0.2) is 46.1 Å². The molecule has 0 unspecified atom stereocenters. The molecule has 8 nitrogen and oxygen atoms in total. The highest BCUT2D eigenvalue weighted by Crippen LogP contribution is 2.37. The van der Waals surface area contributed by atoms with Crippen molar-refractivity contribution in [1.29, 1.82) is 0 Å². The Labute approximate surface area is 146 Å². The molecule has 1 aliphatic heterocycles. The van der Waals surface area contributed by atoms with E-state index in [1.54, 1.807) is 12.1 Å². The minimum absolute atomic E-state index is 0.0454. The predicted octanol–water partition coefficient (Wildman–Crippen LogP) is 1.34. The number of methoxy groups -OCH3 is 1. The molecule has 0 bridgehead atoms. The smallest absolute Gasteiger partial charge is 0.271 e. The van der Waals surface area contributed by atoms with Crippen molar-refractivity contribution in [3.8, 4) is 5.88 Å². The Bertz CT molecular complexity index is 756. The fourth-order valence-electron chi connectivity index (χ4n) is 3.23. The summed E-state index contributed by atoms with van der Waals surface area (Å²) in [6.07, 6.45) is 0.850. The summed E-state index contributed by atoms with van der Waals surface area (Å²) >= 11 is 0. The zero-order valence-corrected chi connectivity index (χ0v) is 14.9. The molecule has 1 N–H and O–H groups in total. The van der Waals surface area contributed by atoms with Crippen LogP contribution in [0.3, 0.4) is 0 Å². The van der Waals surface area contributed by atoms with E-state index < -0.39 is 0 Å². The molecule has 0 aliphatic carbocycles. The van der Waals surface area contributed by atoms with E-state index in [1.165, 1.54) is 7.11 Å². The van der Waals surface area contributed by atoms with Gasteiger partial charge in [-0.05, 0) is 26.3 Å². The van der Waals surface area contributed by atoms with E-state index in [0.29, 0.717) is 19.0 Å². The van der Waals surface area contributed by atoms with Gasteiger partial charge < -0.3 is 14.8 Å². The maximum absolute atomic E-state index is 12.3. The number of carbonyl (C=O) groups excluding carboxylic acids is 1. The van der Waals surface area contributed by atoms with Crippen LogP contribution in [0.15, 0.2) is 12.1 Å². The van der Waals surface area contributed by atoms with Gasteiger partial charge in [-0.3, -0.25) is 9.48 Å². The monoisotopic (exact) mass is 345 g/mol. The normalized spacial score (nSPS) is 19.8. The van der Waals surface area contributed by atoms with E-state index in [9.17, 15) is 4.79 Å². The number of nitrogens with one attached hydrogen (secondary N) is 1. The maximum atomic E-state index is 12.3. The summed E-state index contributed by atoms with van der Waals surface area (Å²) in [7, 11) is 3.44. The van der Waals surface area contributed by atoms with Crippen LogP contribution in [0.25, 0.3) is 0 Å². The molecule has 2 aromatic heterocycles. The average Bonchev–Trinajstić information content (AvgIpc) is 3.16. The summed E-state index contributed by atoms with van der Waals surface area (Å²) in [6, 6.07) is 3.21. The summed E-state index contributed by atoms with van der Waals surface area (Å²) in [4.78, 5) is 12.3. The van der Waals surface area contributed by atoms with Crippen LogP contribution < -0.4 is 10.1 Å². The molecule has 1 saturated heterocycles. The van der Waals surface area contributed by atoms with Crippen molar-refractivity contribution in [3.05, 3.63) is 34.8 Å². The molecular weight excluding hydrogens is 322 g/mol. The summed E-state index contributed by atoms with van der Waals surface area (Å²) in [5, 5.41) is 15.1. The molecular formula is C17H23N5O3. The van der Waals surface area contributed by atoms with Gasteiger partial charge in [0.15, 0.2) is 5.69 Å². The molecule has 2 aromatic rings. The van der Waals surface area contributed by atoms with E-state index >= 15 is 0 Å². The third kappa shape index (κ3) is 3.48. The molecule has 134 valence electrons. The maximum Gasteiger partial charge on any atom is 0.271 e. The first-order valence-corrected chi connectivity index (χ1v) is 8.29. The Kier molecular flexibility index (Phi) is 4.98. The fraction of sp³-hybridized carbons (Fsp3) is 0.529. The number of aryl methyl sites for hydroxylation is 2. The minimum Gasteiger partial charge on any atom is -0.480 e. The topological polar surface area (TPSA) is 91.2 Å². The first-order valence-electron chi connectivity index (χ1n) is 8.29. The number of hydrogen-bond donors (Lipinski definition) is 1. The lowest BCUT2D eigenvalue weighted by Crippen LogP contribution is -2.31. The Morgan fingerprint density at radius 1 is 1.40 bits per heavy atom. The van der Waals surface area contributed by atoms with E-state index in [2.05, 4.69) is 20.6 Å². The Morgan fingerprint density at radius 3 is 2.80 bits per heavy atom. The highest BCUT2D eigenvalue weighted by molar-refractivity contribution is 5.92. The fourth-order valence-corrected chi connectivity index (χ4v) is 3.23. The number of ether oxygens (including phenoxy) is 2. The van der Waals surface area contributed by atoms with E-state index in [0.717, 1.165) is 23.4 Å². The van der Waals surface area contributed by atoms with Crippen molar-refractivity contribution < 1.29 is 14.3 Å². The number of nitrogens with zero attached hydrogens (tertiary/aromatic N) is 4. The van der Waals surface area contributed by atoms with Gasteiger partial charge in [-0.2, -0.15) is 5.10 Å². The van der Waals surface area contributed by atoms with Gasteiger partial charge in [0.1, 0.15) is 0 Å². The van der Waals surface area contributed by atoms with Crippen LogP contribution in [0.5, 0.6) is 5.88 Å². The summed E-state index contributed by atoms with van der Waals surface area (Å²) < 4.78 is 12.8. The predicted molar refractivity (Wildman–Crippen MR) is 90.4 cm³/mol. The van der Waals surface area contributed by atoms with Gasteiger partial charge in [-0.1, -0.05) is 0 Å². The molecule has 2 atom stereocenters. The molecule has 0 saturated carbocycles. The third-order valence-corrected chi connectivity index (χ3v) is 4.67. The van der Waals surface area contributed by atoms with Crippen LogP contribution in [0, 0.1) is 19.8 Å². The SMILES string of the molecule is COc1ccc(C(=O)NC[C@H]2CCO[C@@H]2c2c(C)nn(C)c2C)nn1. The van der Waals surface area contributed by atoms with Crippen molar-refractivity contribution >= 4 is 5.91 Å². The molecule has 1 amide bonds. The van der Waals surface area contributed by atoms with Gasteiger partial charge in [-0.25, -0.2) is 0 Å². The van der Waals surface area contributed by atoms with Crippen molar-refractivity contribution in [2.45, 2.75) is 26.4 Å². The number of aromatic nitrogens is 4. The highest BCUT2D eigenvalue weighted by atomic mass is 16.5. The first kappa shape index (κ1) is 17.3. The van der Waals surface area contributed by atoms with Crippen molar-refractivity contribution in [2.75, 3.05) is 20.3 Å². The van der Waals surface area contributed by atoms with Crippen molar-refractivity contribution in [2.24, 2.45) is 13.0 Å². The molecule has 0 spiro atoms. The number of hydrogen-bond acceptors (Lipinski definition) is 6. The van der Waals surface area contributed by atoms with Crippen molar-refractivity contribution in [1.82, 2.24) is 25.3 Å². The summed E-state index contributed by atoms with van der Waals surface area (Å²) in [6.45, 7) is 5.23. The minimum atomic E-state index is -0.250. The van der Waals surface area contributed by atoms with E-state index in [1.807, 2.05) is 25.6 Å². The first-order chi connectivity index (χ1) is 12.0. The van der Waals surface area contributed by atoms with E-state index in [4.69, 9.17) is 9.47 Å². The number of carbonyl (C=O) groups is 1. The lowest BCUT2D eigenvalue weighted by molar-refractivity contribution is 0.0837. The van der Waals surface area contributed by atoms with Gasteiger partial charge in [0.05, 0.1) is 18.9 Å². The molecule has 8 heteroatoms. The van der Waals surface area contributed by atoms with E-state index in [-0.39, 0.29) is 23.6 Å². The second-order valence-corrected chi connectivity index (χ2v) is 6.22. The molecule has 0 aromatic carbocycles. The summed E-state index contributed by atoms with van der Waals surface area (Å²) in [5.74, 6) is 0.334. The van der Waals surface area contributed by atoms with Gasteiger partial charge >= 0.3 is 0 Å². The highest BCUT2D eigenvalue weighted by Gasteiger charge is 2.33. The Morgan fingerprint density at radius 2 is 2.20 bits per heavy atom. The largest absolute Gasteiger partial charge is 0.480 e. The lowest BCUT2D eigenvalue weighted by Gasteiger charge is -2.19. The zero-order valence-electron chi connectivity index (χ0n) is 14.9. The van der Waals surface area contributed by atoms with Gasteiger partial charge in [-0.15, -0.1) is 10.2 Å². The Balaban J connectivity index is 1.66. The van der Waals surface area contributed by atoms with Crippen molar-refractivity contribution in [3.63, 3.8) is 0 Å². The van der Waals surface area contributed by atoms with Gasteiger partial charge in [0, 0.05) is 43.4 Å². The molecule has 1 aliphatic rings. The second-order valence-electron chi connectivity index (χ2n) is 6.22. The average molecular weight is 345 g/mol. The molecule has 0 radical (unpaired) electrons. The molecule has 25 heavy (non-hydrogen) atoms. The molecule has 1 fully saturated rings. The number of rotatable bonds is 5. The zero-order chi connectivity index (χ0) is 18.0. The second kappa shape index (κ2) is 7.18. The standard InChI is InChI=1S/C17H23N5O3/c1-10-15(11(2)22(3)21-10)16-12(7-8-25-16)9-18-17(23)13-5-6-14(24-4)20-19-13/h5-6,12,16H,7-9H2,1-4H3,(H,18,23)/t12-,16+/m1/s1. The van der Waals surface area contributed by atoms with Crippen LogP contribution in [0.1, 0.15) is 40.0 Å². The quantitative estimate of drug-likeness (QED) is 0.879. The lowest BCUT2D eigenvalue weighted by atomic mass is 9.94. The molecule has 3 heterocycles. The third-order valence-electron chi connectivity index (χ3n) is 4.67. The van der Waals surface area contributed by atoms with Gasteiger partial charge in [0.25, 0.3) is 5.91 Å². The van der Waals surface area contributed by atoms with Crippen LogP contribution in [0.4, 0.5) is 0 Å². The van der Waals surface area contributed by atoms with Crippen LogP contribution in [-0.2, 0) is 11.8 Å². The Hall–Kier alpha value is -2.48. The molecule has 3 rings (SSSR count).